The second kappa shape index (κ2) is 5.77. The van der Waals surface area contributed by atoms with Crippen LogP contribution in [0.5, 0.6) is 0 Å². The average molecular weight is 344 g/mol. The number of carbonyl (C=O) groups is 1. The molecule has 1 N–H and O–H groups in total. The number of hydrogen-bond donors (Lipinski definition) is 1. The molecule has 108 valence electrons. The number of rotatable bonds is 3. The lowest BCUT2D eigenvalue weighted by atomic mass is 10.2. The van der Waals surface area contributed by atoms with Crippen molar-refractivity contribution >= 4 is 50.5 Å². The van der Waals surface area contributed by atoms with Crippen molar-refractivity contribution in [3.8, 4) is 0 Å². The van der Waals surface area contributed by atoms with Crippen LogP contribution in [0.2, 0.25) is 10.0 Å². The molecule has 9 heteroatoms. The number of nitrogens with one attached hydrogen (secondary N) is 1. The van der Waals surface area contributed by atoms with Crippen molar-refractivity contribution < 1.29 is 22.8 Å². The van der Waals surface area contributed by atoms with Crippen LogP contribution in [0.15, 0.2) is 18.2 Å². The topological polar surface area (TPSA) is 38.3 Å². The van der Waals surface area contributed by atoms with E-state index in [1.165, 1.54) is 0 Å². The first kappa shape index (κ1) is 15.4. The van der Waals surface area contributed by atoms with Crippen molar-refractivity contribution in [1.82, 2.24) is 5.48 Å². The van der Waals surface area contributed by atoms with Crippen LogP contribution in [-0.2, 0) is 4.84 Å². The Balaban J connectivity index is 2.16. The van der Waals surface area contributed by atoms with Gasteiger partial charge in [0, 0.05) is 15.1 Å². The minimum Gasteiger partial charge on any atom is -0.266 e. The Labute approximate surface area is 125 Å². The minimum absolute atomic E-state index is 0.0612. The molecular weight excluding hydrogens is 338 g/mol. The van der Waals surface area contributed by atoms with E-state index in [1.807, 2.05) is 0 Å². The van der Waals surface area contributed by atoms with Crippen molar-refractivity contribution in [3.63, 3.8) is 0 Å². The number of fused-ring (bicyclic) bond motifs is 1. The molecule has 0 unspecified atom stereocenters. The first-order valence-corrected chi connectivity index (χ1v) is 6.71. The van der Waals surface area contributed by atoms with Crippen molar-refractivity contribution in [3.05, 3.63) is 33.1 Å². The number of alkyl halides is 3. The third-order valence-electron chi connectivity index (χ3n) is 2.20. The molecule has 1 aromatic heterocycles. The van der Waals surface area contributed by atoms with Gasteiger partial charge >= 0.3 is 6.18 Å². The maximum Gasteiger partial charge on any atom is 0.414 e. The molecule has 0 aliphatic rings. The third-order valence-corrected chi connectivity index (χ3v) is 4.09. The van der Waals surface area contributed by atoms with Crippen LogP contribution < -0.4 is 5.48 Å². The second-order valence-electron chi connectivity index (χ2n) is 3.72. The van der Waals surface area contributed by atoms with Gasteiger partial charge in [0.1, 0.15) is 4.88 Å². The summed E-state index contributed by atoms with van der Waals surface area (Å²) in [6.07, 6.45) is -4.52. The summed E-state index contributed by atoms with van der Waals surface area (Å²) in [5, 5.41) is 1.22. The molecule has 0 bridgehead atoms. The van der Waals surface area contributed by atoms with E-state index >= 15 is 0 Å². The smallest absolute Gasteiger partial charge is 0.266 e. The Bertz CT molecular complexity index is 657. The number of hydrogen-bond acceptors (Lipinski definition) is 3. The number of hydroxylamine groups is 1. The zero-order chi connectivity index (χ0) is 14.9. The summed E-state index contributed by atoms with van der Waals surface area (Å²) in [6.45, 7) is -1.58. The van der Waals surface area contributed by atoms with Gasteiger partial charge in [0.15, 0.2) is 6.61 Å². The number of carbonyl (C=O) groups excluding carboxylic acids is 1. The van der Waals surface area contributed by atoms with E-state index in [0.717, 1.165) is 11.3 Å². The lowest BCUT2D eigenvalue weighted by molar-refractivity contribution is -0.184. The second-order valence-corrected chi connectivity index (χ2v) is 5.59. The molecule has 2 aromatic rings. The van der Waals surface area contributed by atoms with Crippen LogP contribution in [0, 0.1) is 0 Å². The van der Waals surface area contributed by atoms with Crippen LogP contribution in [0.3, 0.4) is 0 Å². The van der Waals surface area contributed by atoms with Crippen molar-refractivity contribution in [2.45, 2.75) is 6.18 Å². The highest BCUT2D eigenvalue weighted by Crippen LogP contribution is 2.36. The summed E-state index contributed by atoms with van der Waals surface area (Å²) in [7, 11) is 0. The van der Waals surface area contributed by atoms with E-state index < -0.39 is 18.7 Å². The summed E-state index contributed by atoms with van der Waals surface area (Å²) in [5.74, 6) is -0.837. The van der Waals surface area contributed by atoms with Gasteiger partial charge in [-0.2, -0.15) is 13.2 Å². The predicted molar refractivity (Wildman–Crippen MR) is 71.3 cm³/mol. The fraction of sp³-hybridized carbons (Fsp3) is 0.182. The van der Waals surface area contributed by atoms with Gasteiger partial charge in [-0.25, -0.2) is 5.48 Å². The number of thiophene rings is 1. The Morgan fingerprint density at radius 3 is 2.70 bits per heavy atom. The van der Waals surface area contributed by atoms with E-state index in [4.69, 9.17) is 23.2 Å². The van der Waals surface area contributed by atoms with E-state index in [0.29, 0.717) is 15.1 Å². The highest BCUT2D eigenvalue weighted by Gasteiger charge is 2.28. The highest BCUT2D eigenvalue weighted by atomic mass is 35.5. The lowest BCUT2D eigenvalue weighted by Gasteiger charge is -2.07. The van der Waals surface area contributed by atoms with Gasteiger partial charge in [-0.3, -0.25) is 9.63 Å². The summed E-state index contributed by atoms with van der Waals surface area (Å²) < 4.78 is 36.3. The van der Waals surface area contributed by atoms with E-state index in [1.54, 1.807) is 23.7 Å². The molecular formula is C11H6Cl2F3NO2S. The largest absolute Gasteiger partial charge is 0.414 e. The number of amides is 1. The summed E-state index contributed by atoms with van der Waals surface area (Å²) in [4.78, 5) is 15.8. The molecule has 0 saturated carbocycles. The minimum atomic E-state index is -4.52. The van der Waals surface area contributed by atoms with E-state index in [-0.39, 0.29) is 9.90 Å². The molecule has 2 rings (SSSR count). The summed E-state index contributed by atoms with van der Waals surface area (Å²) in [5.41, 5.74) is 1.71. The van der Waals surface area contributed by atoms with Gasteiger partial charge in [-0.05, 0) is 12.1 Å². The van der Waals surface area contributed by atoms with Crippen molar-refractivity contribution in [2.24, 2.45) is 0 Å². The van der Waals surface area contributed by atoms with Gasteiger partial charge in [-0.1, -0.05) is 29.3 Å². The van der Waals surface area contributed by atoms with Crippen LogP contribution in [0.1, 0.15) is 9.67 Å². The van der Waals surface area contributed by atoms with Crippen molar-refractivity contribution in [1.29, 1.82) is 0 Å². The molecule has 1 aromatic carbocycles. The molecule has 1 heterocycles. The zero-order valence-electron chi connectivity index (χ0n) is 9.55. The molecule has 0 fully saturated rings. The molecule has 0 spiro atoms. The third kappa shape index (κ3) is 3.54. The van der Waals surface area contributed by atoms with Gasteiger partial charge in [-0.15, -0.1) is 11.3 Å². The van der Waals surface area contributed by atoms with Crippen LogP contribution >= 0.6 is 34.5 Å². The predicted octanol–water partition coefficient (Wildman–Crippen LogP) is 4.43. The number of benzene rings is 1. The highest BCUT2D eigenvalue weighted by molar-refractivity contribution is 7.21. The van der Waals surface area contributed by atoms with Crippen LogP contribution in [0.25, 0.3) is 10.1 Å². The average Bonchev–Trinajstić information content (AvgIpc) is 2.64. The Hall–Kier alpha value is -1.02. The maximum absolute atomic E-state index is 11.9. The molecule has 0 atom stereocenters. The van der Waals surface area contributed by atoms with Crippen LogP contribution in [-0.4, -0.2) is 18.7 Å². The lowest BCUT2D eigenvalue weighted by Crippen LogP contribution is -2.29. The molecule has 0 radical (unpaired) electrons. The first-order valence-electron chi connectivity index (χ1n) is 5.14. The van der Waals surface area contributed by atoms with Gasteiger partial charge in [0.25, 0.3) is 5.91 Å². The fourth-order valence-corrected chi connectivity index (χ4v) is 3.09. The Kier molecular flexibility index (Phi) is 4.43. The quantitative estimate of drug-likeness (QED) is 0.837. The van der Waals surface area contributed by atoms with Gasteiger partial charge < -0.3 is 0 Å². The molecule has 0 aliphatic carbocycles. The molecule has 1 amide bonds. The van der Waals surface area contributed by atoms with E-state index in [9.17, 15) is 18.0 Å². The monoisotopic (exact) mass is 343 g/mol. The molecule has 20 heavy (non-hydrogen) atoms. The van der Waals surface area contributed by atoms with E-state index in [2.05, 4.69) is 4.84 Å². The van der Waals surface area contributed by atoms with Gasteiger partial charge in [0.05, 0.1) is 5.02 Å². The first-order chi connectivity index (χ1) is 9.28. The molecule has 3 nitrogen and oxygen atoms in total. The number of halogens is 5. The normalized spacial score (nSPS) is 11.8. The SMILES string of the molecule is O=C(NOCC(F)(F)F)c1sc2cc(Cl)ccc2c1Cl. The zero-order valence-corrected chi connectivity index (χ0v) is 11.9. The molecule has 0 saturated heterocycles. The maximum atomic E-state index is 11.9. The Morgan fingerprint density at radius 1 is 1.35 bits per heavy atom. The van der Waals surface area contributed by atoms with Crippen molar-refractivity contribution in [2.75, 3.05) is 6.61 Å². The summed E-state index contributed by atoms with van der Waals surface area (Å²) in [6, 6.07) is 4.84. The standard InChI is InChI=1S/C11H6Cl2F3NO2S/c12-5-1-2-6-7(3-5)20-9(8(6)13)10(18)17-19-4-11(14,15)16/h1-3H,4H2,(H,17,18). The fourth-order valence-electron chi connectivity index (χ4n) is 1.41. The van der Waals surface area contributed by atoms with Gasteiger partial charge in [0.2, 0.25) is 0 Å². The Morgan fingerprint density at radius 2 is 2.05 bits per heavy atom. The van der Waals surface area contributed by atoms with Crippen LogP contribution in [0.4, 0.5) is 13.2 Å². The molecule has 0 aliphatic heterocycles. The summed E-state index contributed by atoms with van der Waals surface area (Å²) >= 11 is 12.8.